The Morgan fingerprint density at radius 1 is 0.203 bits per heavy atom. The third-order valence-electron chi connectivity index (χ3n) is 14.4. The van der Waals surface area contributed by atoms with Crippen LogP contribution in [0.2, 0.25) is 0 Å². The number of hydrogen-bond acceptors (Lipinski definition) is 0. The highest BCUT2D eigenvalue weighted by Crippen LogP contribution is 2.49. The molecule has 64 heavy (non-hydrogen) atoms. The van der Waals surface area contributed by atoms with Crippen molar-refractivity contribution in [1.29, 1.82) is 0 Å². The van der Waals surface area contributed by atoms with E-state index in [4.69, 9.17) is 0 Å². The molecule has 0 heteroatoms. The molecule has 0 N–H and O–H groups in total. The third kappa shape index (κ3) is 5.42. The summed E-state index contributed by atoms with van der Waals surface area (Å²) in [6, 6.07) is 73.8. The zero-order valence-corrected chi connectivity index (χ0v) is 36.5. The third-order valence-corrected chi connectivity index (χ3v) is 14.4. The predicted octanol–water partition coefficient (Wildman–Crippen LogP) is 18.3. The summed E-state index contributed by atoms with van der Waals surface area (Å²) in [6.07, 6.45) is 0. The molecule has 0 nitrogen and oxygen atoms in total. The van der Waals surface area contributed by atoms with Crippen LogP contribution < -0.4 is 0 Å². The second kappa shape index (κ2) is 13.9. The average molecular weight is 813 g/mol. The van der Waals surface area contributed by atoms with Gasteiger partial charge >= 0.3 is 0 Å². The van der Waals surface area contributed by atoms with Gasteiger partial charge in [0.15, 0.2) is 0 Å². The van der Waals surface area contributed by atoms with Crippen LogP contribution in [-0.4, -0.2) is 0 Å². The lowest BCUT2D eigenvalue weighted by Gasteiger charge is -2.22. The molecule has 0 radical (unpaired) electrons. The lowest BCUT2D eigenvalue weighted by molar-refractivity contribution is 1.49. The lowest BCUT2D eigenvalue weighted by atomic mass is 9.81. The van der Waals surface area contributed by atoms with Crippen LogP contribution in [0.5, 0.6) is 0 Å². The van der Waals surface area contributed by atoms with Crippen LogP contribution in [0.15, 0.2) is 194 Å². The smallest absolute Gasteiger partial charge is 0.00255 e. The molecule has 0 spiro atoms. The molecule has 0 saturated heterocycles. The molecule has 0 bridgehead atoms. The van der Waals surface area contributed by atoms with Gasteiger partial charge in [0.2, 0.25) is 0 Å². The fourth-order valence-corrected chi connectivity index (χ4v) is 11.5. The van der Waals surface area contributed by atoms with E-state index < -0.39 is 0 Å². The Labute approximate surface area is 373 Å². The molecule has 13 aromatic rings. The van der Waals surface area contributed by atoms with Crippen molar-refractivity contribution in [3.63, 3.8) is 0 Å². The standard InChI is InChI=1S/C64H44/c1-37-21-25-41-13-5-9-17-51(41)59(37)47-29-45-30-48(60-38(2)22-26-42-14-6-10-18-52(42)60)35-57-58-36-50(62-40(4)24-28-44-16-8-12-20-54(44)62)32-46-31-49(34-56(64(46)58)55(33-47)63(45)57)61-39(3)23-27-43-15-7-11-19-53(43)61/h5-36H,1-4H3. The molecule has 13 aromatic carbocycles. The second-order valence-corrected chi connectivity index (χ2v) is 18.2. The molecule has 13 rings (SSSR count). The van der Waals surface area contributed by atoms with Gasteiger partial charge < -0.3 is 0 Å². The van der Waals surface area contributed by atoms with Crippen LogP contribution in [0, 0.1) is 27.7 Å². The molecule has 0 saturated carbocycles. The first kappa shape index (κ1) is 36.8. The highest BCUT2D eigenvalue weighted by atomic mass is 14.3. The molecular formula is C64H44. The minimum atomic E-state index is 1.25. The Bertz CT molecular complexity index is 3580. The van der Waals surface area contributed by atoms with E-state index in [0.29, 0.717) is 0 Å². The van der Waals surface area contributed by atoms with E-state index in [1.54, 1.807) is 0 Å². The Hall–Kier alpha value is -7.80. The SMILES string of the molecule is Cc1ccc2ccccc2c1-c1cc2cc(-c3c(C)ccc4ccccc34)cc3c4cc(-c5c(C)ccc6ccccc56)cc5cc(-c6c(C)ccc7ccccc67)cc(c(c1)c23)c54. The van der Waals surface area contributed by atoms with E-state index in [1.807, 2.05) is 0 Å². The van der Waals surface area contributed by atoms with E-state index in [9.17, 15) is 0 Å². The molecule has 0 aliphatic carbocycles. The number of fused-ring (bicyclic) bond motifs is 6. The summed E-state index contributed by atoms with van der Waals surface area (Å²) in [6.45, 7) is 9.08. The molecule has 300 valence electrons. The predicted molar refractivity (Wildman–Crippen MR) is 278 cm³/mol. The first-order chi connectivity index (χ1) is 31.4. The Kier molecular flexibility index (Phi) is 7.97. The number of rotatable bonds is 4. The molecule has 0 aliphatic heterocycles. The maximum Gasteiger partial charge on any atom is -0.00255 e. The quantitative estimate of drug-likeness (QED) is 0.123. The summed E-state index contributed by atoms with van der Waals surface area (Å²) in [7, 11) is 0. The number of hydrogen-bond donors (Lipinski definition) is 0. The van der Waals surface area contributed by atoms with Crippen LogP contribution in [0.4, 0.5) is 0 Å². The van der Waals surface area contributed by atoms with Gasteiger partial charge in [-0.1, -0.05) is 146 Å². The Balaban J connectivity index is 1.25. The fraction of sp³-hybridized carbons (Fsp3) is 0.0625. The van der Waals surface area contributed by atoms with Gasteiger partial charge in [-0.25, -0.2) is 0 Å². The highest BCUT2D eigenvalue weighted by molar-refractivity contribution is 6.35. The largest absolute Gasteiger partial charge is 0.0616 e. The van der Waals surface area contributed by atoms with E-state index in [1.165, 1.54) is 153 Å². The van der Waals surface area contributed by atoms with Gasteiger partial charge in [0, 0.05) is 0 Å². The first-order valence-corrected chi connectivity index (χ1v) is 22.6. The van der Waals surface area contributed by atoms with E-state index in [-0.39, 0.29) is 0 Å². The topological polar surface area (TPSA) is 0 Å². The van der Waals surface area contributed by atoms with Gasteiger partial charge in [-0.3, -0.25) is 0 Å². The number of benzene rings is 13. The molecule has 0 fully saturated rings. The van der Waals surface area contributed by atoms with Crippen LogP contribution in [-0.2, 0) is 0 Å². The lowest BCUT2D eigenvalue weighted by Crippen LogP contribution is -1.95. The zero-order valence-electron chi connectivity index (χ0n) is 36.5. The van der Waals surface area contributed by atoms with Crippen molar-refractivity contribution < 1.29 is 0 Å². The van der Waals surface area contributed by atoms with Crippen molar-refractivity contribution in [3.05, 3.63) is 216 Å². The van der Waals surface area contributed by atoms with Gasteiger partial charge in [0.1, 0.15) is 0 Å². The maximum atomic E-state index is 2.52. The molecule has 0 amide bonds. The maximum absolute atomic E-state index is 2.52. The summed E-state index contributed by atoms with van der Waals surface area (Å²) >= 11 is 0. The molecule has 0 atom stereocenters. The molecule has 0 aliphatic rings. The summed E-state index contributed by atoms with van der Waals surface area (Å²) in [5.74, 6) is 0. The fourth-order valence-electron chi connectivity index (χ4n) is 11.5. The summed E-state index contributed by atoms with van der Waals surface area (Å²) in [5.41, 5.74) is 15.3. The minimum absolute atomic E-state index is 1.25. The van der Waals surface area contributed by atoms with Crippen molar-refractivity contribution in [3.8, 4) is 44.5 Å². The van der Waals surface area contributed by atoms with Crippen molar-refractivity contribution in [2.75, 3.05) is 0 Å². The highest BCUT2D eigenvalue weighted by Gasteiger charge is 2.22. The van der Waals surface area contributed by atoms with E-state index in [2.05, 4.69) is 222 Å². The first-order valence-electron chi connectivity index (χ1n) is 22.6. The average Bonchev–Trinajstić information content (AvgIpc) is 3.32. The Morgan fingerprint density at radius 3 is 0.688 bits per heavy atom. The summed E-state index contributed by atoms with van der Waals surface area (Å²) < 4.78 is 0. The van der Waals surface area contributed by atoms with Gasteiger partial charge in [0.25, 0.3) is 0 Å². The van der Waals surface area contributed by atoms with E-state index in [0.717, 1.165) is 0 Å². The monoisotopic (exact) mass is 812 g/mol. The van der Waals surface area contributed by atoms with Gasteiger partial charge in [-0.15, -0.1) is 0 Å². The zero-order chi connectivity index (χ0) is 42.8. The second-order valence-electron chi connectivity index (χ2n) is 18.2. The molecule has 0 heterocycles. The van der Waals surface area contributed by atoms with Crippen LogP contribution >= 0.6 is 0 Å². The van der Waals surface area contributed by atoms with Gasteiger partial charge in [-0.2, -0.15) is 0 Å². The van der Waals surface area contributed by atoms with Crippen LogP contribution in [0.25, 0.3) is 131 Å². The normalized spacial score (nSPS) is 12.1. The van der Waals surface area contributed by atoms with Crippen molar-refractivity contribution in [2.24, 2.45) is 0 Å². The summed E-state index contributed by atoms with van der Waals surface area (Å²) in [4.78, 5) is 0. The van der Waals surface area contributed by atoms with Crippen molar-refractivity contribution in [2.45, 2.75) is 27.7 Å². The Morgan fingerprint density at radius 2 is 0.438 bits per heavy atom. The molecule has 0 unspecified atom stereocenters. The van der Waals surface area contributed by atoms with Crippen LogP contribution in [0.1, 0.15) is 22.3 Å². The molecule has 0 aromatic heterocycles. The van der Waals surface area contributed by atoms with Crippen molar-refractivity contribution in [1.82, 2.24) is 0 Å². The number of aryl methyl sites for hydroxylation is 4. The van der Waals surface area contributed by atoms with Crippen LogP contribution in [0.3, 0.4) is 0 Å². The van der Waals surface area contributed by atoms with E-state index >= 15 is 0 Å². The summed E-state index contributed by atoms with van der Waals surface area (Å²) in [5, 5.41) is 20.5. The minimum Gasteiger partial charge on any atom is -0.0616 e. The molecular weight excluding hydrogens is 769 g/mol. The van der Waals surface area contributed by atoms with Crippen molar-refractivity contribution >= 4 is 86.2 Å². The van der Waals surface area contributed by atoms with Gasteiger partial charge in [0.05, 0.1) is 0 Å². The van der Waals surface area contributed by atoms with Gasteiger partial charge in [-0.05, 0) is 229 Å².